The van der Waals surface area contributed by atoms with Gasteiger partial charge in [-0.25, -0.2) is 9.37 Å². The van der Waals surface area contributed by atoms with Crippen LogP contribution in [0, 0.1) is 5.82 Å². The smallest absolute Gasteiger partial charge is 0.267 e. The molecule has 0 amide bonds. The monoisotopic (exact) mass is 297 g/mol. The molecule has 2 rings (SSSR count). The van der Waals surface area contributed by atoms with Crippen LogP contribution in [0.2, 0.25) is 0 Å². The fraction of sp³-hybridized carbons (Fsp3) is 0.0909. The maximum absolute atomic E-state index is 13.5. The Labute approximate surface area is 105 Å². The first-order valence-electron chi connectivity index (χ1n) is 4.82. The first-order chi connectivity index (χ1) is 8.08. The molecule has 1 heterocycles. The quantitative estimate of drug-likeness (QED) is 0.860. The number of nitrogens with zero attached hydrogens (tertiary/aromatic N) is 2. The van der Waals surface area contributed by atoms with Crippen LogP contribution in [-0.4, -0.2) is 9.55 Å². The molecule has 0 atom stereocenters. The van der Waals surface area contributed by atoms with Crippen LogP contribution in [0.3, 0.4) is 0 Å². The van der Waals surface area contributed by atoms with E-state index in [1.807, 2.05) is 0 Å². The number of nitrogens with two attached hydrogens (primary N) is 1. The van der Waals surface area contributed by atoms with Crippen molar-refractivity contribution < 1.29 is 4.39 Å². The van der Waals surface area contributed by atoms with Crippen molar-refractivity contribution in [2.24, 2.45) is 0 Å². The highest BCUT2D eigenvalue weighted by molar-refractivity contribution is 9.10. The van der Waals surface area contributed by atoms with Gasteiger partial charge in [0.1, 0.15) is 10.3 Å². The number of hydrogen-bond donors (Lipinski definition) is 1. The predicted molar refractivity (Wildman–Crippen MR) is 66.1 cm³/mol. The maximum Gasteiger partial charge on any atom is 0.267 e. The fourth-order valence-electron chi connectivity index (χ4n) is 1.41. The van der Waals surface area contributed by atoms with Gasteiger partial charge < -0.3 is 5.73 Å². The second-order valence-electron chi connectivity index (χ2n) is 3.53. The molecule has 0 bridgehead atoms. The summed E-state index contributed by atoms with van der Waals surface area (Å²) in [4.78, 5) is 15.5. The van der Waals surface area contributed by atoms with Crippen LogP contribution in [0.5, 0.6) is 0 Å². The van der Waals surface area contributed by atoms with Gasteiger partial charge in [-0.2, -0.15) is 0 Å². The van der Waals surface area contributed by atoms with Gasteiger partial charge in [0.25, 0.3) is 5.56 Å². The van der Waals surface area contributed by atoms with Crippen molar-refractivity contribution >= 4 is 21.6 Å². The number of benzene rings is 1. The Balaban J connectivity index is 2.38. The molecule has 4 nitrogen and oxygen atoms in total. The van der Waals surface area contributed by atoms with Gasteiger partial charge in [0.05, 0.1) is 12.9 Å². The summed E-state index contributed by atoms with van der Waals surface area (Å²) in [5, 5.41) is 0. The first-order valence-corrected chi connectivity index (χ1v) is 5.61. The molecule has 0 fully saturated rings. The molecule has 1 aromatic heterocycles. The van der Waals surface area contributed by atoms with Crippen LogP contribution in [0.15, 0.2) is 40.0 Å². The zero-order valence-corrected chi connectivity index (χ0v) is 10.3. The molecular weight excluding hydrogens is 289 g/mol. The van der Waals surface area contributed by atoms with Crippen molar-refractivity contribution in [1.82, 2.24) is 9.55 Å². The molecule has 2 N–H and O–H groups in total. The van der Waals surface area contributed by atoms with Gasteiger partial charge in [-0.15, -0.1) is 0 Å². The lowest BCUT2D eigenvalue weighted by molar-refractivity contribution is 0.594. The van der Waals surface area contributed by atoms with Gasteiger partial charge >= 0.3 is 0 Å². The highest BCUT2D eigenvalue weighted by atomic mass is 79.9. The second-order valence-corrected chi connectivity index (χ2v) is 4.38. The zero-order valence-electron chi connectivity index (χ0n) is 8.73. The van der Waals surface area contributed by atoms with E-state index < -0.39 is 5.82 Å². The molecule has 0 saturated heterocycles. The average molecular weight is 298 g/mol. The van der Waals surface area contributed by atoms with E-state index in [1.165, 1.54) is 23.2 Å². The minimum atomic E-state index is -0.433. The molecule has 88 valence electrons. The van der Waals surface area contributed by atoms with E-state index in [0.29, 0.717) is 15.7 Å². The van der Waals surface area contributed by atoms with E-state index >= 15 is 0 Å². The Hall–Kier alpha value is -1.69. The van der Waals surface area contributed by atoms with E-state index in [4.69, 9.17) is 5.73 Å². The minimum Gasteiger partial charge on any atom is -0.399 e. The Kier molecular flexibility index (Phi) is 3.23. The predicted octanol–water partition coefficient (Wildman–Crippen LogP) is 1.78. The average Bonchev–Trinajstić information content (AvgIpc) is 2.28. The van der Waals surface area contributed by atoms with E-state index in [0.717, 1.165) is 0 Å². The van der Waals surface area contributed by atoms with Gasteiger partial charge in [-0.3, -0.25) is 9.36 Å². The summed E-state index contributed by atoms with van der Waals surface area (Å²) in [5.41, 5.74) is 5.94. The number of anilines is 1. The highest BCUT2D eigenvalue weighted by Crippen LogP contribution is 2.12. The molecule has 0 aliphatic heterocycles. The lowest BCUT2D eigenvalue weighted by Crippen LogP contribution is -2.21. The summed E-state index contributed by atoms with van der Waals surface area (Å²) in [5.74, 6) is -0.433. The lowest BCUT2D eigenvalue weighted by Gasteiger charge is -2.07. The normalized spacial score (nSPS) is 10.5. The third-order valence-electron chi connectivity index (χ3n) is 2.28. The van der Waals surface area contributed by atoms with E-state index in [2.05, 4.69) is 20.9 Å². The Morgan fingerprint density at radius 3 is 2.94 bits per heavy atom. The molecule has 0 spiro atoms. The summed E-state index contributed by atoms with van der Waals surface area (Å²) in [6.07, 6.45) is 2.76. The molecule has 0 aliphatic carbocycles. The summed E-state index contributed by atoms with van der Waals surface area (Å²) >= 11 is 3.08. The number of halogens is 2. The summed E-state index contributed by atoms with van der Waals surface area (Å²) in [6, 6.07) is 4.37. The van der Waals surface area contributed by atoms with Gasteiger partial charge in [0.2, 0.25) is 0 Å². The van der Waals surface area contributed by atoms with Crippen molar-refractivity contribution in [1.29, 1.82) is 0 Å². The number of nitrogen functional groups attached to an aromatic ring is 1. The zero-order chi connectivity index (χ0) is 12.4. The standard InChI is InChI=1S/C11H9BrFN3O/c12-9-4-15-6-16(11(9)17)5-7-1-2-8(14)3-10(7)13/h1-4,6H,5,14H2. The Bertz CT molecular complexity index is 612. The van der Waals surface area contributed by atoms with E-state index in [1.54, 1.807) is 12.1 Å². The minimum absolute atomic E-state index is 0.122. The van der Waals surface area contributed by atoms with Gasteiger partial charge in [0.15, 0.2) is 0 Å². The van der Waals surface area contributed by atoms with Crippen molar-refractivity contribution in [3.05, 3.63) is 56.9 Å². The third-order valence-corrected chi connectivity index (χ3v) is 2.82. The number of aromatic nitrogens is 2. The van der Waals surface area contributed by atoms with Crippen molar-refractivity contribution in [2.45, 2.75) is 6.54 Å². The number of rotatable bonds is 2. The van der Waals surface area contributed by atoms with Crippen LogP contribution < -0.4 is 11.3 Å². The van der Waals surface area contributed by atoms with Crippen LogP contribution in [0.1, 0.15) is 5.56 Å². The summed E-state index contributed by atoms with van der Waals surface area (Å²) in [6.45, 7) is 0.122. The molecular formula is C11H9BrFN3O. The maximum atomic E-state index is 13.5. The SMILES string of the molecule is Nc1ccc(Cn2cncc(Br)c2=O)c(F)c1. The van der Waals surface area contributed by atoms with Crippen LogP contribution in [0.25, 0.3) is 0 Å². The van der Waals surface area contributed by atoms with Crippen molar-refractivity contribution in [3.63, 3.8) is 0 Å². The van der Waals surface area contributed by atoms with Gasteiger partial charge in [-0.1, -0.05) is 6.07 Å². The Morgan fingerprint density at radius 2 is 2.24 bits per heavy atom. The highest BCUT2D eigenvalue weighted by Gasteiger charge is 2.06. The summed E-state index contributed by atoms with van der Waals surface area (Å²) in [7, 11) is 0. The van der Waals surface area contributed by atoms with Gasteiger partial charge in [0, 0.05) is 17.4 Å². The molecule has 0 radical (unpaired) electrons. The van der Waals surface area contributed by atoms with E-state index in [9.17, 15) is 9.18 Å². The molecule has 17 heavy (non-hydrogen) atoms. The molecule has 0 saturated carbocycles. The summed E-state index contributed by atoms with van der Waals surface area (Å²) < 4.78 is 15.2. The fourth-order valence-corrected chi connectivity index (χ4v) is 1.76. The number of hydrogen-bond acceptors (Lipinski definition) is 3. The van der Waals surface area contributed by atoms with Crippen molar-refractivity contribution in [2.75, 3.05) is 5.73 Å². The van der Waals surface area contributed by atoms with Crippen molar-refractivity contribution in [3.8, 4) is 0 Å². The van der Waals surface area contributed by atoms with E-state index in [-0.39, 0.29) is 12.1 Å². The molecule has 6 heteroatoms. The third kappa shape index (κ3) is 2.52. The Morgan fingerprint density at radius 1 is 1.47 bits per heavy atom. The van der Waals surface area contributed by atoms with Crippen LogP contribution in [-0.2, 0) is 6.54 Å². The molecule has 1 aromatic carbocycles. The topological polar surface area (TPSA) is 60.9 Å². The largest absolute Gasteiger partial charge is 0.399 e. The lowest BCUT2D eigenvalue weighted by atomic mass is 10.2. The molecule has 2 aromatic rings. The molecule has 0 unspecified atom stereocenters. The van der Waals surface area contributed by atoms with Crippen LogP contribution in [0.4, 0.5) is 10.1 Å². The molecule has 0 aliphatic rings. The first kappa shape index (κ1) is 11.8. The second kappa shape index (κ2) is 4.67. The van der Waals surface area contributed by atoms with Gasteiger partial charge in [-0.05, 0) is 28.1 Å². The van der Waals surface area contributed by atoms with Crippen LogP contribution >= 0.6 is 15.9 Å².